The molecule has 0 radical (unpaired) electrons. The number of sulfonamides is 1. The maximum absolute atomic E-state index is 12.1. The molecule has 2 N–H and O–H groups in total. The average molecular weight is 432 g/mol. The molecule has 1 aliphatic rings. The van der Waals surface area contributed by atoms with Gasteiger partial charge >= 0.3 is 0 Å². The highest BCUT2D eigenvalue weighted by Crippen LogP contribution is 2.24. The van der Waals surface area contributed by atoms with Crippen molar-refractivity contribution in [3.8, 4) is 5.75 Å². The maximum atomic E-state index is 12.1. The lowest BCUT2D eigenvalue weighted by molar-refractivity contribution is -0.118. The van der Waals surface area contributed by atoms with Crippen molar-refractivity contribution in [1.29, 1.82) is 0 Å². The topological polar surface area (TPSA) is 105 Å². The Morgan fingerprint density at radius 1 is 1.07 bits per heavy atom. The van der Waals surface area contributed by atoms with E-state index < -0.39 is 10.0 Å². The van der Waals surface area contributed by atoms with Crippen LogP contribution in [-0.4, -0.2) is 39.1 Å². The highest BCUT2D eigenvalue weighted by molar-refractivity contribution is 7.92. The Kier molecular flexibility index (Phi) is 6.94. The average Bonchev–Trinajstić information content (AvgIpc) is 3.14. The second-order valence-corrected chi connectivity index (χ2v) is 8.82. The van der Waals surface area contributed by atoms with Crippen LogP contribution in [0.2, 0.25) is 0 Å². The molecule has 8 nitrogen and oxygen atoms in total. The molecule has 0 spiro atoms. The normalized spacial score (nSPS) is 13.9. The van der Waals surface area contributed by atoms with Gasteiger partial charge in [0.05, 0.1) is 5.75 Å². The number of hydrogen-bond donors (Lipinski definition) is 2. The van der Waals surface area contributed by atoms with Gasteiger partial charge in [-0.25, -0.2) is 8.42 Å². The Bertz CT molecular complexity index is 988. The summed E-state index contributed by atoms with van der Waals surface area (Å²) >= 11 is 0. The van der Waals surface area contributed by atoms with E-state index in [9.17, 15) is 18.0 Å². The van der Waals surface area contributed by atoms with Gasteiger partial charge in [0.1, 0.15) is 5.75 Å². The molecule has 0 bridgehead atoms. The summed E-state index contributed by atoms with van der Waals surface area (Å²) in [5.41, 5.74) is 1.79. The molecule has 2 amide bonds. The monoisotopic (exact) mass is 431 g/mol. The van der Waals surface area contributed by atoms with E-state index in [0.29, 0.717) is 30.0 Å². The van der Waals surface area contributed by atoms with Gasteiger partial charge in [-0.3, -0.25) is 14.3 Å². The number of carbonyl (C=O) groups excluding carboxylic acids is 2. The third-order valence-corrected chi connectivity index (χ3v) is 6.00. The van der Waals surface area contributed by atoms with E-state index in [1.165, 1.54) is 0 Å². The van der Waals surface area contributed by atoms with Gasteiger partial charge in [-0.05, 0) is 61.4 Å². The fourth-order valence-electron chi connectivity index (χ4n) is 3.11. The number of benzene rings is 2. The number of ether oxygens (including phenoxy) is 1. The molecule has 160 valence electrons. The molecule has 0 aromatic heterocycles. The Morgan fingerprint density at radius 3 is 2.33 bits per heavy atom. The molecule has 3 rings (SSSR count). The molecule has 2 aromatic rings. The number of nitrogens with one attached hydrogen (secondary N) is 2. The zero-order valence-corrected chi connectivity index (χ0v) is 17.6. The van der Waals surface area contributed by atoms with Crippen molar-refractivity contribution in [2.24, 2.45) is 0 Å². The predicted molar refractivity (Wildman–Crippen MR) is 116 cm³/mol. The van der Waals surface area contributed by atoms with Crippen LogP contribution in [0.5, 0.6) is 5.75 Å². The fraction of sp³-hybridized carbons (Fsp3) is 0.333. The van der Waals surface area contributed by atoms with E-state index in [0.717, 1.165) is 18.7 Å². The molecular formula is C21H25N3O5S. The number of rotatable bonds is 9. The van der Waals surface area contributed by atoms with Crippen molar-refractivity contribution < 1.29 is 22.7 Å². The minimum atomic E-state index is -3.35. The molecule has 1 heterocycles. The van der Waals surface area contributed by atoms with Crippen LogP contribution in [0.15, 0.2) is 48.5 Å². The molecule has 0 aliphatic carbocycles. The molecule has 0 unspecified atom stereocenters. The standard InChI is InChI=1S/C21H25N3O5S/c1-2-14-30(27,28)23-17-7-5-16(6-8-17)22-20(25)15-29-19-11-9-18(10-12-19)24-13-3-4-21(24)26/h5-12,23H,2-4,13-15H2,1H3,(H,22,25). The first-order chi connectivity index (χ1) is 14.4. The Labute approximate surface area is 176 Å². The molecule has 30 heavy (non-hydrogen) atoms. The quantitative estimate of drug-likeness (QED) is 0.635. The summed E-state index contributed by atoms with van der Waals surface area (Å²) in [4.78, 5) is 25.6. The summed E-state index contributed by atoms with van der Waals surface area (Å²) in [6.07, 6.45) is 1.97. The summed E-state index contributed by atoms with van der Waals surface area (Å²) in [5, 5.41) is 2.70. The summed E-state index contributed by atoms with van der Waals surface area (Å²) < 4.78 is 31.5. The minimum absolute atomic E-state index is 0.0537. The fourth-order valence-corrected chi connectivity index (χ4v) is 4.25. The van der Waals surface area contributed by atoms with E-state index in [1.807, 2.05) is 0 Å². The van der Waals surface area contributed by atoms with E-state index in [1.54, 1.807) is 60.4 Å². The first-order valence-electron chi connectivity index (χ1n) is 9.80. The number of nitrogens with zero attached hydrogens (tertiary/aromatic N) is 1. The summed E-state index contributed by atoms with van der Waals surface area (Å²) in [5.74, 6) is 0.361. The van der Waals surface area contributed by atoms with Crippen molar-refractivity contribution >= 4 is 38.9 Å². The number of amides is 2. The van der Waals surface area contributed by atoms with Gasteiger partial charge in [0, 0.05) is 30.0 Å². The highest BCUT2D eigenvalue weighted by atomic mass is 32.2. The molecule has 1 aliphatic heterocycles. The summed E-state index contributed by atoms with van der Waals surface area (Å²) in [6, 6.07) is 13.5. The van der Waals surface area contributed by atoms with Gasteiger partial charge in [0.25, 0.3) is 5.91 Å². The van der Waals surface area contributed by atoms with Crippen LogP contribution in [0, 0.1) is 0 Å². The zero-order chi connectivity index (χ0) is 21.6. The molecular weight excluding hydrogens is 406 g/mol. The van der Waals surface area contributed by atoms with Gasteiger partial charge in [0.15, 0.2) is 6.61 Å². The van der Waals surface area contributed by atoms with Crippen LogP contribution < -0.4 is 19.7 Å². The van der Waals surface area contributed by atoms with Crippen molar-refractivity contribution in [2.75, 3.05) is 33.8 Å². The van der Waals surface area contributed by atoms with Crippen LogP contribution >= 0.6 is 0 Å². The number of anilines is 3. The number of carbonyl (C=O) groups is 2. The molecule has 0 atom stereocenters. The molecule has 0 saturated carbocycles. The zero-order valence-electron chi connectivity index (χ0n) is 16.8. The third-order valence-electron chi connectivity index (χ3n) is 4.51. The predicted octanol–water partition coefficient (Wildman–Crippen LogP) is 2.98. The largest absolute Gasteiger partial charge is 0.484 e. The summed E-state index contributed by atoms with van der Waals surface area (Å²) in [6.45, 7) is 2.34. The number of hydrogen-bond acceptors (Lipinski definition) is 5. The first-order valence-corrected chi connectivity index (χ1v) is 11.4. The molecule has 1 fully saturated rings. The van der Waals surface area contributed by atoms with E-state index in [-0.39, 0.29) is 24.2 Å². The van der Waals surface area contributed by atoms with Crippen molar-refractivity contribution in [2.45, 2.75) is 26.2 Å². The Morgan fingerprint density at radius 2 is 1.73 bits per heavy atom. The van der Waals surface area contributed by atoms with Crippen molar-refractivity contribution in [3.63, 3.8) is 0 Å². The minimum Gasteiger partial charge on any atom is -0.484 e. The smallest absolute Gasteiger partial charge is 0.262 e. The van der Waals surface area contributed by atoms with Gasteiger partial charge in [-0.15, -0.1) is 0 Å². The van der Waals surface area contributed by atoms with Crippen molar-refractivity contribution in [1.82, 2.24) is 0 Å². The molecule has 1 saturated heterocycles. The van der Waals surface area contributed by atoms with Crippen LogP contribution in [0.1, 0.15) is 26.2 Å². The van der Waals surface area contributed by atoms with Crippen LogP contribution in [0.3, 0.4) is 0 Å². The SMILES string of the molecule is CCCS(=O)(=O)Nc1ccc(NC(=O)COc2ccc(N3CCCC3=O)cc2)cc1. The highest BCUT2D eigenvalue weighted by Gasteiger charge is 2.21. The van der Waals surface area contributed by atoms with Gasteiger partial charge in [-0.1, -0.05) is 6.92 Å². The third kappa shape index (κ3) is 5.96. The van der Waals surface area contributed by atoms with E-state index in [2.05, 4.69) is 10.0 Å². The van der Waals surface area contributed by atoms with E-state index in [4.69, 9.17) is 4.74 Å². The lowest BCUT2D eigenvalue weighted by atomic mass is 10.3. The first kappa shape index (κ1) is 21.6. The Balaban J connectivity index is 1.48. The van der Waals surface area contributed by atoms with Gasteiger partial charge < -0.3 is 15.0 Å². The van der Waals surface area contributed by atoms with Crippen LogP contribution in [0.25, 0.3) is 0 Å². The lowest BCUT2D eigenvalue weighted by Crippen LogP contribution is -2.23. The lowest BCUT2D eigenvalue weighted by Gasteiger charge is -2.16. The summed E-state index contributed by atoms with van der Waals surface area (Å²) in [7, 11) is -3.35. The van der Waals surface area contributed by atoms with Crippen LogP contribution in [-0.2, 0) is 19.6 Å². The van der Waals surface area contributed by atoms with Crippen LogP contribution in [0.4, 0.5) is 17.1 Å². The van der Waals surface area contributed by atoms with Gasteiger partial charge in [0.2, 0.25) is 15.9 Å². The van der Waals surface area contributed by atoms with E-state index >= 15 is 0 Å². The van der Waals surface area contributed by atoms with Gasteiger partial charge in [-0.2, -0.15) is 0 Å². The second kappa shape index (κ2) is 9.62. The molecule has 2 aromatic carbocycles. The van der Waals surface area contributed by atoms with Crippen molar-refractivity contribution in [3.05, 3.63) is 48.5 Å². The Hall–Kier alpha value is -3.07. The maximum Gasteiger partial charge on any atom is 0.262 e. The second-order valence-electron chi connectivity index (χ2n) is 6.98. The molecule has 9 heteroatoms.